The van der Waals surface area contributed by atoms with E-state index in [1.54, 1.807) is 0 Å². The maximum atomic E-state index is 11.7. The first-order valence-corrected chi connectivity index (χ1v) is 8.67. The Morgan fingerprint density at radius 3 is 2.42 bits per heavy atom. The van der Waals surface area contributed by atoms with Gasteiger partial charge in [0.1, 0.15) is 11.6 Å². The highest BCUT2D eigenvalue weighted by atomic mass is 16.2. The van der Waals surface area contributed by atoms with Crippen molar-refractivity contribution in [2.75, 3.05) is 44.2 Å². The fourth-order valence-corrected chi connectivity index (χ4v) is 3.08. The second-order valence-electron chi connectivity index (χ2n) is 5.86. The number of aromatic nitrogens is 2. The van der Waals surface area contributed by atoms with Gasteiger partial charge in [0.2, 0.25) is 5.91 Å². The van der Waals surface area contributed by atoms with Crippen molar-refractivity contribution in [1.29, 1.82) is 5.26 Å². The summed E-state index contributed by atoms with van der Waals surface area (Å²) in [4.78, 5) is 15.9. The number of aryl methyl sites for hydroxylation is 1. The number of hydrogen-bond donors (Lipinski definition) is 1. The molecular formula is C17H26N6O. The van der Waals surface area contributed by atoms with Crippen LogP contribution in [0.5, 0.6) is 0 Å². The van der Waals surface area contributed by atoms with E-state index in [9.17, 15) is 10.1 Å². The van der Waals surface area contributed by atoms with Crippen LogP contribution in [0.15, 0.2) is 0 Å². The fourth-order valence-electron chi connectivity index (χ4n) is 3.08. The number of likely N-dealkylation sites (N-methyl/N-ethyl adjacent to an activating group) is 1. The average molecular weight is 330 g/mol. The summed E-state index contributed by atoms with van der Waals surface area (Å²) in [5.74, 6) is 0.744. The quantitative estimate of drug-likeness (QED) is 0.828. The van der Waals surface area contributed by atoms with Gasteiger partial charge in [-0.3, -0.25) is 9.69 Å². The highest BCUT2D eigenvalue weighted by molar-refractivity contribution is 5.78. The molecule has 130 valence electrons. The number of carbonyl (C=O) groups excluding carboxylic acids is 1. The molecule has 7 nitrogen and oxygen atoms in total. The lowest BCUT2D eigenvalue weighted by molar-refractivity contribution is -0.122. The molecule has 0 radical (unpaired) electrons. The fraction of sp³-hybridized carbons (Fsp3) is 0.647. The molecule has 1 amide bonds. The Hall–Kier alpha value is -2.20. The smallest absolute Gasteiger partial charge is 0.234 e. The highest BCUT2D eigenvalue weighted by Gasteiger charge is 2.24. The van der Waals surface area contributed by atoms with Crippen molar-refractivity contribution in [3.05, 3.63) is 16.8 Å². The Kier molecular flexibility index (Phi) is 6.50. The standard InChI is InChI=1S/C17H26N6O/c1-4-13-14(11-18)17(21-20-15(13)5-2)23-9-7-22(8-10-23)12-16(24)19-6-3/h4-10,12H2,1-3H3,(H,19,24). The molecule has 0 saturated carbocycles. The predicted molar refractivity (Wildman–Crippen MR) is 92.8 cm³/mol. The van der Waals surface area contributed by atoms with Crippen LogP contribution in [0, 0.1) is 11.3 Å². The Morgan fingerprint density at radius 2 is 1.88 bits per heavy atom. The molecule has 1 aromatic rings. The summed E-state index contributed by atoms with van der Waals surface area (Å²) in [6.07, 6.45) is 1.57. The van der Waals surface area contributed by atoms with Crippen LogP contribution in [0.2, 0.25) is 0 Å². The number of amides is 1. The number of nitrogens with one attached hydrogen (secondary N) is 1. The molecular weight excluding hydrogens is 304 g/mol. The van der Waals surface area contributed by atoms with Gasteiger partial charge in [-0.2, -0.15) is 10.4 Å². The van der Waals surface area contributed by atoms with E-state index in [1.165, 1.54) is 0 Å². The van der Waals surface area contributed by atoms with Crippen molar-refractivity contribution in [3.63, 3.8) is 0 Å². The maximum Gasteiger partial charge on any atom is 0.234 e. The van der Waals surface area contributed by atoms with E-state index in [0.717, 1.165) is 50.3 Å². The summed E-state index contributed by atoms with van der Waals surface area (Å²) in [6, 6.07) is 2.33. The number of piperazine rings is 1. The first-order chi connectivity index (χ1) is 11.6. The zero-order valence-corrected chi connectivity index (χ0v) is 14.8. The molecule has 24 heavy (non-hydrogen) atoms. The molecule has 0 aromatic carbocycles. The monoisotopic (exact) mass is 330 g/mol. The molecule has 1 aromatic heterocycles. The summed E-state index contributed by atoms with van der Waals surface area (Å²) in [6.45, 7) is 10.1. The third-order valence-corrected chi connectivity index (χ3v) is 4.35. The van der Waals surface area contributed by atoms with Crippen molar-refractivity contribution in [1.82, 2.24) is 20.4 Å². The highest BCUT2D eigenvalue weighted by Crippen LogP contribution is 2.24. The molecule has 2 rings (SSSR count). The minimum absolute atomic E-state index is 0.0593. The van der Waals surface area contributed by atoms with E-state index >= 15 is 0 Å². The van der Waals surface area contributed by atoms with Crippen LogP contribution in [-0.4, -0.2) is 60.3 Å². The third kappa shape index (κ3) is 4.01. The zero-order valence-electron chi connectivity index (χ0n) is 14.8. The maximum absolute atomic E-state index is 11.7. The molecule has 2 heterocycles. The van der Waals surface area contributed by atoms with Crippen LogP contribution >= 0.6 is 0 Å². The van der Waals surface area contributed by atoms with E-state index in [1.807, 2.05) is 20.8 Å². The van der Waals surface area contributed by atoms with Crippen molar-refractivity contribution < 1.29 is 4.79 Å². The molecule has 1 N–H and O–H groups in total. The lowest BCUT2D eigenvalue weighted by atomic mass is 10.0. The second kappa shape index (κ2) is 8.60. The molecule has 0 aliphatic carbocycles. The largest absolute Gasteiger partial charge is 0.355 e. The van der Waals surface area contributed by atoms with Crippen molar-refractivity contribution in [3.8, 4) is 6.07 Å². The van der Waals surface area contributed by atoms with E-state index in [2.05, 4.69) is 31.4 Å². The SMILES string of the molecule is CCNC(=O)CN1CCN(c2nnc(CC)c(CC)c2C#N)CC1. The van der Waals surface area contributed by atoms with E-state index in [0.29, 0.717) is 24.5 Å². The number of carbonyl (C=O) groups is 1. The van der Waals surface area contributed by atoms with Gasteiger partial charge < -0.3 is 10.2 Å². The summed E-state index contributed by atoms with van der Waals surface area (Å²) in [5, 5.41) is 21.1. The van der Waals surface area contributed by atoms with Gasteiger partial charge in [-0.05, 0) is 25.3 Å². The van der Waals surface area contributed by atoms with Gasteiger partial charge in [0.25, 0.3) is 0 Å². The molecule has 1 saturated heterocycles. The van der Waals surface area contributed by atoms with Crippen LogP contribution in [0.3, 0.4) is 0 Å². The number of hydrogen-bond acceptors (Lipinski definition) is 6. The number of nitrogens with zero attached hydrogens (tertiary/aromatic N) is 5. The summed E-state index contributed by atoms with van der Waals surface area (Å²) < 4.78 is 0. The zero-order chi connectivity index (χ0) is 17.5. The molecule has 0 atom stereocenters. The van der Waals surface area contributed by atoms with Crippen LogP contribution < -0.4 is 10.2 Å². The molecule has 7 heteroatoms. The first-order valence-electron chi connectivity index (χ1n) is 8.67. The summed E-state index contributed by atoms with van der Waals surface area (Å²) >= 11 is 0. The lowest BCUT2D eigenvalue weighted by Gasteiger charge is -2.35. The first kappa shape index (κ1) is 18.1. The minimum Gasteiger partial charge on any atom is -0.355 e. The van der Waals surface area contributed by atoms with Gasteiger partial charge in [-0.15, -0.1) is 5.10 Å². The Labute approximate surface area is 143 Å². The Bertz CT molecular complexity index is 616. The molecule has 0 spiro atoms. The predicted octanol–water partition coefficient (Wildman–Crippen LogP) is 0.731. The molecule has 1 aliphatic heterocycles. The Morgan fingerprint density at radius 1 is 1.17 bits per heavy atom. The van der Waals surface area contributed by atoms with Gasteiger partial charge in [0.15, 0.2) is 5.82 Å². The summed E-state index contributed by atoms with van der Waals surface area (Å²) in [5.41, 5.74) is 2.57. The topological polar surface area (TPSA) is 85.2 Å². The van der Waals surface area contributed by atoms with Gasteiger partial charge in [-0.25, -0.2) is 0 Å². The van der Waals surface area contributed by atoms with Gasteiger partial charge in [0, 0.05) is 32.7 Å². The average Bonchev–Trinajstić information content (AvgIpc) is 2.61. The van der Waals surface area contributed by atoms with Crippen molar-refractivity contribution in [2.24, 2.45) is 0 Å². The number of anilines is 1. The lowest BCUT2D eigenvalue weighted by Crippen LogP contribution is -2.50. The van der Waals surface area contributed by atoms with E-state index in [-0.39, 0.29) is 5.91 Å². The van der Waals surface area contributed by atoms with Crippen LogP contribution in [-0.2, 0) is 17.6 Å². The van der Waals surface area contributed by atoms with Crippen LogP contribution in [0.1, 0.15) is 37.6 Å². The van der Waals surface area contributed by atoms with Crippen LogP contribution in [0.4, 0.5) is 5.82 Å². The number of nitriles is 1. The third-order valence-electron chi connectivity index (χ3n) is 4.35. The Balaban J connectivity index is 2.09. The molecule has 0 bridgehead atoms. The van der Waals surface area contributed by atoms with E-state index in [4.69, 9.17) is 0 Å². The number of rotatable bonds is 6. The van der Waals surface area contributed by atoms with E-state index < -0.39 is 0 Å². The molecule has 1 fully saturated rings. The second-order valence-corrected chi connectivity index (χ2v) is 5.86. The van der Waals surface area contributed by atoms with Crippen molar-refractivity contribution >= 4 is 11.7 Å². The van der Waals surface area contributed by atoms with Gasteiger partial charge in [0.05, 0.1) is 12.2 Å². The molecule has 1 aliphatic rings. The normalized spacial score (nSPS) is 15.2. The molecule has 0 unspecified atom stereocenters. The van der Waals surface area contributed by atoms with Crippen LogP contribution in [0.25, 0.3) is 0 Å². The minimum atomic E-state index is 0.0593. The van der Waals surface area contributed by atoms with Gasteiger partial charge >= 0.3 is 0 Å². The van der Waals surface area contributed by atoms with Gasteiger partial charge in [-0.1, -0.05) is 13.8 Å². The summed E-state index contributed by atoms with van der Waals surface area (Å²) in [7, 11) is 0. The van der Waals surface area contributed by atoms with Crippen molar-refractivity contribution in [2.45, 2.75) is 33.6 Å².